The molecule has 3 atom stereocenters. The SMILES string of the molecule is CCCC1NC(c2ccc(C)cc2)N(CC(C)SC)C1=O. The number of thioether (sulfide) groups is 1. The van der Waals surface area contributed by atoms with Crippen LogP contribution in [0.4, 0.5) is 0 Å². The highest BCUT2D eigenvalue weighted by Gasteiger charge is 2.39. The molecule has 0 radical (unpaired) electrons. The van der Waals surface area contributed by atoms with E-state index in [0.717, 1.165) is 19.4 Å². The van der Waals surface area contributed by atoms with Crippen molar-refractivity contribution in [2.75, 3.05) is 12.8 Å². The second-order valence-corrected chi connectivity index (χ2v) is 7.13. The van der Waals surface area contributed by atoms with Crippen LogP contribution in [0.15, 0.2) is 24.3 Å². The molecular weight excluding hydrogens is 280 g/mol. The summed E-state index contributed by atoms with van der Waals surface area (Å²) in [5, 5.41) is 3.97. The van der Waals surface area contributed by atoms with Gasteiger partial charge in [0.2, 0.25) is 5.91 Å². The van der Waals surface area contributed by atoms with E-state index in [1.54, 1.807) is 11.8 Å². The average Bonchev–Trinajstić information content (AvgIpc) is 2.78. The average molecular weight is 306 g/mol. The number of aryl methyl sites for hydroxylation is 1. The molecule has 3 unspecified atom stereocenters. The van der Waals surface area contributed by atoms with E-state index in [9.17, 15) is 4.79 Å². The first-order valence-corrected chi connectivity index (χ1v) is 9.01. The predicted molar refractivity (Wildman–Crippen MR) is 90.4 cm³/mol. The maximum Gasteiger partial charge on any atom is 0.241 e. The minimum absolute atomic E-state index is 0.0178. The Balaban J connectivity index is 2.22. The van der Waals surface area contributed by atoms with Crippen molar-refractivity contribution in [2.24, 2.45) is 0 Å². The number of carbonyl (C=O) groups excluding carboxylic acids is 1. The minimum Gasteiger partial charge on any atom is -0.320 e. The molecule has 0 aliphatic carbocycles. The number of amides is 1. The van der Waals surface area contributed by atoms with E-state index < -0.39 is 0 Å². The van der Waals surface area contributed by atoms with Crippen molar-refractivity contribution in [3.05, 3.63) is 35.4 Å². The largest absolute Gasteiger partial charge is 0.320 e. The number of hydrogen-bond donors (Lipinski definition) is 1. The summed E-state index contributed by atoms with van der Waals surface area (Å²) in [5.74, 6) is 0.253. The fourth-order valence-corrected chi connectivity index (χ4v) is 3.06. The molecule has 1 aliphatic heterocycles. The Bertz CT molecular complexity index is 474. The van der Waals surface area contributed by atoms with Crippen LogP contribution in [0.1, 0.15) is 44.0 Å². The molecule has 0 aromatic heterocycles. The van der Waals surface area contributed by atoms with Gasteiger partial charge in [-0.2, -0.15) is 11.8 Å². The van der Waals surface area contributed by atoms with E-state index in [1.807, 2.05) is 4.90 Å². The van der Waals surface area contributed by atoms with E-state index in [4.69, 9.17) is 0 Å². The van der Waals surface area contributed by atoms with Gasteiger partial charge in [-0.1, -0.05) is 50.1 Å². The molecule has 21 heavy (non-hydrogen) atoms. The maximum atomic E-state index is 12.7. The molecular formula is C17H26N2OS. The number of nitrogens with one attached hydrogen (secondary N) is 1. The van der Waals surface area contributed by atoms with Crippen molar-refractivity contribution in [1.29, 1.82) is 0 Å². The van der Waals surface area contributed by atoms with Gasteiger partial charge in [-0.25, -0.2) is 0 Å². The van der Waals surface area contributed by atoms with Crippen LogP contribution in [0.3, 0.4) is 0 Å². The molecule has 1 aliphatic rings. The first kappa shape index (κ1) is 16.4. The van der Waals surface area contributed by atoms with E-state index in [0.29, 0.717) is 5.25 Å². The highest BCUT2D eigenvalue weighted by atomic mass is 32.2. The molecule has 0 saturated carbocycles. The van der Waals surface area contributed by atoms with Crippen LogP contribution in [-0.2, 0) is 4.79 Å². The Hall–Kier alpha value is -1.00. The molecule has 2 rings (SSSR count). The zero-order chi connectivity index (χ0) is 15.4. The lowest BCUT2D eigenvalue weighted by Crippen LogP contribution is -2.35. The summed E-state index contributed by atoms with van der Waals surface area (Å²) < 4.78 is 0. The maximum absolute atomic E-state index is 12.7. The fraction of sp³-hybridized carbons (Fsp3) is 0.588. The minimum atomic E-state index is -0.0321. The molecule has 1 fully saturated rings. The van der Waals surface area contributed by atoms with E-state index in [-0.39, 0.29) is 18.1 Å². The van der Waals surface area contributed by atoms with E-state index in [2.05, 4.69) is 56.6 Å². The van der Waals surface area contributed by atoms with Crippen LogP contribution in [0.5, 0.6) is 0 Å². The zero-order valence-corrected chi connectivity index (χ0v) is 14.2. The summed E-state index contributed by atoms with van der Waals surface area (Å²) in [5.41, 5.74) is 2.43. The quantitative estimate of drug-likeness (QED) is 0.875. The summed E-state index contributed by atoms with van der Waals surface area (Å²) in [6.45, 7) is 7.19. The number of hydrogen-bond acceptors (Lipinski definition) is 3. The molecule has 1 aromatic rings. The Kier molecular flexibility index (Phi) is 5.71. The van der Waals surface area contributed by atoms with Gasteiger partial charge >= 0.3 is 0 Å². The van der Waals surface area contributed by atoms with Crippen LogP contribution in [0, 0.1) is 6.92 Å². The van der Waals surface area contributed by atoms with Gasteiger partial charge < -0.3 is 4.90 Å². The third-order valence-electron chi connectivity index (χ3n) is 4.08. The van der Waals surface area contributed by atoms with Crippen LogP contribution in [-0.4, -0.2) is 34.9 Å². The zero-order valence-electron chi connectivity index (χ0n) is 13.4. The summed E-state index contributed by atoms with van der Waals surface area (Å²) in [7, 11) is 0. The molecule has 3 nitrogen and oxygen atoms in total. The van der Waals surface area contributed by atoms with Crippen LogP contribution in [0.2, 0.25) is 0 Å². The lowest BCUT2D eigenvalue weighted by molar-refractivity contribution is -0.130. The topological polar surface area (TPSA) is 32.3 Å². The molecule has 1 heterocycles. The van der Waals surface area contributed by atoms with Crippen LogP contribution >= 0.6 is 11.8 Å². The Labute approximate surface area is 132 Å². The van der Waals surface area contributed by atoms with Crippen molar-refractivity contribution in [3.8, 4) is 0 Å². The molecule has 1 N–H and O–H groups in total. The smallest absolute Gasteiger partial charge is 0.241 e. The molecule has 1 aromatic carbocycles. The Morgan fingerprint density at radius 2 is 2.00 bits per heavy atom. The van der Waals surface area contributed by atoms with Gasteiger partial charge in [-0.15, -0.1) is 0 Å². The predicted octanol–water partition coefficient (Wildman–Crippen LogP) is 3.35. The summed E-state index contributed by atoms with van der Waals surface area (Å²) >= 11 is 1.81. The number of nitrogens with zero attached hydrogens (tertiary/aromatic N) is 1. The Morgan fingerprint density at radius 1 is 1.33 bits per heavy atom. The van der Waals surface area contributed by atoms with Gasteiger partial charge in [0.05, 0.1) is 6.04 Å². The Morgan fingerprint density at radius 3 is 2.57 bits per heavy atom. The van der Waals surface area contributed by atoms with Gasteiger partial charge in [-0.05, 0) is 25.2 Å². The first-order chi connectivity index (χ1) is 10.1. The van der Waals surface area contributed by atoms with Crippen molar-refractivity contribution in [2.45, 2.75) is 51.1 Å². The molecule has 0 spiro atoms. The molecule has 116 valence electrons. The summed E-state index contributed by atoms with van der Waals surface area (Å²) in [4.78, 5) is 14.7. The van der Waals surface area contributed by atoms with Crippen LogP contribution < -0.4 is 5.32 Å². The van der Waals surface area contributed by atoms with Crippen molar-refractivity contribution in [3.63, 3.8) is 0 Å². The number of carbonyl (C=O) groups is 1. The third kappa shape index (κ3) is 3.80. The van der Waals surface area contributed by atoms with Crippen molar-refractivity contribution >= 4 is 17.7 Å². The second-order valence-electron chi connectivity index (χ2n) is 5.86. The lowest BCUT2D eigenvalue weighted by Gasteiger charge is -2.27. The van der Waals surface area contributed by atoms with Crippen molar-refractivity contribution in [1.82, 2.24) is 10.2 Å². The van der Waals surface area contributed by atoms with E-state index in [1.165, 1.54) is 11.1 Å². The second kappa shape index (κ2) is 7.32. The summed E-state index contributed by atoms with van der Waals surface area (Å²) in [6.07, 6.45) is 4.05. The highest BCUT2D eigenvalue weighted by Crippen LogP contribution is 2.28. The van der Waals surface area contributed by atoms with E-state index >= 15 is 0 Å². The van der Waals surface area contributed by atoms with Gasteiger partial charge in [0.15, 0.2) is 0 Å². The van der Waals surface area contributed by atoms with Crippen LogP contribution in [0.25, 0.3) is 0 Å². The molecule has 0 bridgehead atoms. The van der Waals surface area contributed by atoms with Gasteiger partial charge in [0.1, 0.15) is 6.17 Å². The fourth-order valence-electron chi connectivity index (χ4n) is 2.75. The monoisotopic (exact) mass is 306 g/mol. The summed E-state index contributed by atoms with van der Waals surface area (Å²) in [6, 6.07) is 8.46. The number of rotatable bonds is 6. The lowest BCUT2D eigenvalue weighted by atomic mass is 10.1. The number of benzene rings is 1. The molecule has 1 amide bonds. The normalized spacial score (nSPS) is 23.6. The van der Waals surface area contributed by atoms with Crippen molar-refractivity contribution < 1.29 is 4.79 Å². The molecule has 4 heteroatoms. The molecule has 1 saturated heterocycles. The highest BCUT2D eigenvalue weighted by molar-refractivity contribution is 7.99. The van der Waals surface area contributed by atoms with Gasteiger partial charge in [0.25, 0.3) is 0 Å². The standard InChI is InChI=1S/C17H26N2OS/c1-5-6-15-17(20)19(11-13(3)21-4)16(18-15)14-9-7-12(2)8-10-14/h7-10,13,15-16,18H,5-6,11H2,1-4H3. The third-order valence-corrected chi connectivity index (χ3v) is 5.03. The van der Waals surface area contributed by atoms with Gasteiger partial charge in [-0.3, -0.25) is 10.1 Å². The first-order valence-electron chi connectivity index (χ1n) is 7.72. The van der Waals surface area contributed by atoms with Gasteiger partial charge in [0, 0.05) is 11.8 Å².